The average Bonchev–Trinajstić information content (AvgIpc) is 3.48. The van der Waals surface area contributed by atoms with E-state index in [4.69, 9.17) is 18.9 Å². The highest BCUT2D eigenvalue weighted by atomic mass is 16.6. The van der Waals surface area contributed by atoms with E-state index in [9.17, 15) is 9.59 Å². The summed E-state index contributed by atoms with van der Waals surface area (Å²) in [4.78, 5) is 69.1. The molecule has 12 nitrogen and oxygen atoms in total. The summed E-state index contributed by atoms with van der Waals surface area (Å²) in [7, 11) is 8.37. The van der Waals surface area contributed by atoms with Crippen LogP contribution >= 0.6 is 0 Å². The van der Waals surface area contributed by atoms with Gasteiger partial charge in [-0.15, -0.1) is 0 Å². The lowest BCUT2D eigenvalue weighted by Gasteiger charge is -2.53. The second-order valence-corrected chi connectivity index (χ2v) is 25.1. The Morgan fingerprint density at radius 2 is 0.492 bits per heavy atom. The molecule has 4 unspecified atom stereocenters. The molecule has 5 fully saturated rings. The zero-order valence-corrected chi connectivity index (χ0v) is 42.0. The molecule has 4 heterocycles. The first kappa shape index (κ1) is 49.7. The van der Waals surface area contributed by atoms with E-state index in [1.807, 2.05) is 0 Å². The van der Waals surface area contributed by atoms with Gasteiger partial charge in [0.2, 0.25) is 0 Å². The topological polar surface area (TPSA) is 118 Å². The number of carbonyl (C=O) groups is 4. The third-order valence-electron chi connectivity index (χ3n) is 17.1. The molecule has 0 amide bonds. The Kier molecular flexibility index (Phi) is 13.3. The Morgan fingerprint density at radius 1 is 0.328 bits per heavy atom. The Bertz CT molecular complexity index is 1490. The van der Waals surface area contributed by atoms with Crippen LogP contribution in [0.5, 0.6) is 0 Å². The fraction of sp³-hybridized carbons (Fsp3) is 0.918. The normalized spacial score (nSPS) is 33.1. The standard InChI is InChI=1S/C49H86N4O8/c1-42(2)22-30(23-43(3,4)50(42)17)58-38(54)34-21-35(39(55)59-31-24-44(5,6)51(18)45(7,8)25-31)37(41(57)61-33-28-48(13,14)53(20)49(15,16)29-33)36(34)40(56)60-32-26-46(9,10)52(19)47(11,12)27-32/h30-37H,21-29H2,1-20H3. The predicted molar refractivity (Wildman–Crippen MR) is 239 cm³/mol. The number of carbonyl (C=O) groups excluding carboxylic acids is 4. The molecule has 4 aliphatic heterocycles. The van der Waals surface area contributed by atoms with Crippen LogP contribution in [-0.4, -0.2) is 140 Å². The van der Waals surface area contributed by atoms with Crippen molar-refractivity contribution in [3.05, 3.63) is 0 Å². The summed E-state index contributed by atoms with van der Waals surface area (Å²) >= 11 is 0. The molecule has 0 spiro atoms. The number of piperidine rings is 4. The van der Waals surface area contributed by atoms with Gasteiger partial charge in [-0.25, -0.2) is 0 Å². The number of nitrogens with zero attached hydrogens (tertiary/aromatic N) is 4. The maximum absolute atomic E-state index is 15.1. The third kappa shape index (κ3) is 10.0. The van der Waals surface area contributed by atoms with E-state index >= 15 is 9.59 Å². The zero-order chi connectivity index (χ0) is 46.4. The van der Waals surface area contributed by atoms with Crippen molar-refractivity contribution in [3.63, 3.8) is 0 Å². The minimum absolute atomic E-state index is 0.0786. The second-order valence-electron chi connectivity index (χ2n) is 25.1. The molecule has 0 aromatic heterocycles. The van der Waals surface area contributed by atoms with Crippen LogP contribution in [0, 0.1) is 23.7 Å². The number of rotatable bonds is 8. The molecule has 0 bridgehead atoms. The summed E-state index contributed by atoms with van der Waals surface area (Å²) in [5, 5.41) is 0. The summed E-state index contributed by atoms with van der Waals surface area (Å²) in [5.41, 5.74) is -2.22. The van der Waals surface area contributed by atoms with E-state index in [1.165, 1.54) is 0 Å². The summed E-state index contributed by atoms with van der Waals surface area (Å²) in [5.74, 6) is -7.30. The van der Waals surface area contributed by atoms with E-state index in [-0.39, 0.29) is 50.7 Å². The molecule has 12 heteroatoms. The fourth-order valence-corrected chi connectivity index (χ4v) is 12.6. The highest BCUT2D eigenvalue weighted by Crippen LogP contribution is 2.49. The van der Waals surface area contributed by atoms with E-state index in [0.29, 0.717) is 51.4 Å². The van der Waals surface area contributed by atoms with Gasteiger partial charge >= 0.3 is 23.9 Å². The van der Waals surface area contributed by atoms with E-state index < -0.39 is 72.0 Å². The molecule has 1 aliphatic carbocycles. The van der Waals surface area contributed by atoms with Crippen LogP contribution in [0.3, 0.4) is 0 Å². The first-order valence-electron chi connectivity index (χ1n) is 23.2. The molecule has 4 atom stereocenters. The van der Waals surface area contributed by atoms with Crippen molar-refractivity contribution in [1.29, 1.82) is 0 Å². The molecule has 61 heavy (non-hydrogen) atoms. The molecule has 0 radical (unpaired) electrons. The Morgan fingerprint density at radius 3 is 0.672 bits per heavy atom. The van der Waals surface area contributed by atoms with Gasteiger partial charge in [-0.2, -0.15) is 0 Å². The molecule has 0 N–H and O–H groups in total. The monoisotopic (exact) mass is 859 g/mol. The number of esters is 4. The van der Waals surface area contributed by atoms with Gasteiger partial charge in [0.25, 0.3) is 0 Å². The molecule has 0 aromatic carbocycles. The molecular weight excluding hydrogens is 773 g/mol. The van der Waals surface area contributed by atoms with Crippen molar-refractivity contribution in [1.82, 2.24) is 19.6 Å². The van der Waals surface area contributed by atoms with Gasteiger partial charge in [0.05, 0.1) is 23.7 Å². The van der Waals surface area contributed by atoms with E-state index in [0.717, 1.165) is 0 Å². The van der Waals surface area contributed by atoms with Crippen LogP contribution in [0.1, 0.15) is 169 Å². The van der Waals surface area contributed by atoms with Gasteiger partial charge in [-0.1, -0.05) is 0 Å². The summed E-state index contributed by atoms with van der Waals surface area (Å²) < 4.78 is 25.9. The van der Waals surface area contributed by atoms with Crippen LogP contribution in [0.4, 0.5) is 0 Å². The van der Waals surface area contributed by atoms with Gasteiger partial charge in [0.1, 0.15) is 24.4 Å². The van der Waals surface area contributed by atoms with Crippen LogP contribution in [0.15, 0.2) is 0 Å². The van der Waals surface area contributed by atoms with Gasteiger partial charge in [0.15, 0.2) is 0 Å². The minimum atomic E-state index is -1.30. The maximum atomic E-state index is 15.1. The fourth-order valence-electron chi connectivity index (χ4n) is 12.6. The SMILES string of the molecule is CN1C(C)(C)CC(OC(=O)C2CC(C(=O)OC3CC(C)(C)N(C)C(C)(C)C3)C(C(=O)OC3CC(C)(C)N(C)C(C)(C)C3)C2C(=O)OC2CC(C)(C)N(C)C(C)(C)C2)CC1(C)C. The highest BCUT2D eigenvalue weighted by Gasteiger charge is 2.61. The first-order valence-corrected chi connectivity index (χ1v) is 23.2. The van der Waals surface area contributed by atoms with Crippen molar-refractivity contribution in [2.75, 3.05) is 28.2 Å². The highest BCUT2D eigenvalue weighted by molar-refractivity contribution is 5.93. The lowest BCUT2D eigenvalue weighted by atomic mass is 9.78. The quantitative estimate of drug-likeness (QED) is 0.177. The number of hydrogen-bond donors (Lipinski definition) is 0. The average molecular weight is 859 g/mol. The number of likely N-dealkylation sites (tertiary alicyclic amines) is 4. The second kappa shape index (κ2) is 16.3. The van der Waals surface area contributed by atoms with Crippen LogP contribution in [0.25, 0.3) is 0 Å². The molecule has 1 saturated carbocycles. The van der Waals surface area contributed by atoms with E-state index in [2.05, 4.69) is 159 Å². The number of hydrogen-bond acceptors (Lipinski definition) is 12. The van der Waals surface area contributed by atoms with Gasteiger partial charge in [-0.3, -0.25) is 38.8 Å². The van der Waals surface area contributed by atoms with Crippen molar-refractivity contribution in [2.24, 2.45) is 23.7 Å². The van der Waals surface area contributed by atoms with Crippen LogP contribution in [-0.2, 0) is 38.1 Å². The lowest BCUT2D eigenvalue weighted by Crippen LogP contribution is -2.61. The van der Waals surface area contributed by atoms with E-state index in [1.54, 1.807) is 0 Å². The summed E-state index contributed by atoms with van der Waals surface area (Å²) in [6.07, 6.45) is 2.81. The smallest absolute Gasteiger partial charge is 0.310 e. The van der Waals surface area contributed by atoms with Gasteiger partial charge < -0.3 is 18.9 Å². The molecule has 4 saturated heterocycles. The molecule has 5 rings (SSSR count). The largest absolute Gasteiger partial charge is 0.462 e. The van der Waals surface area contributed by atoms with Gasteiger partial charge in [0, 0.05) is 95.7 Å². The van der Waals surface area contributed by atoms with Crippen LogP contribution in [0.2, 0.25) is 0 Å². The van der Waals surface area contributed by atoms with Crippen molar-refractivity contribution >= 4 is 23.9 Å². The lowest BCUT2D eigenvalue weighted by molar-refractivity contribution is -0.183. The molecule has 350 valence electrons. The number of ether oxygens (including phenoxy) is 4. The third-order valence-corrected chi connectivity index (χ3v) is 17.1. The molecule has 0 aromatic rings. The molecular formula is C49H86N4O8. The summed E-state index contributed by atoms with van der Waals surface area (Å²) in [6, 6.07) is 0. The Labute approximate surface area is 369 Å². The first-order chi connectivity index (χ1) is 27.4. The summed E-state index contributed by atoms with van der Waals surface area (Å²) in [6.45, 7) is 34.2. The molecule has 5 aliphatic rings. The van der Waals surface area contributed by atoms with Crippen molar-refractivity contribution in [3.8, 4) is 0 Å². The Balaban J connectivity index is 1.55. The van der Waals surface area contributed by atoms with Crippen molar-refractivity contribution in [2.45, 2.75) is 237 Å². The Hall–Kier alpha value is -2.28. The van der Waals surface area contributed by atoms with Gasteiger partial charge in [-0.05, 0) is 145 Å². The minimum Gasteiger partial charge on any atom is -0.462 e. The van der Waals surface area contributed by atoms with Crippen LogP contribution < -0.4 is 0 Å². The maximum Gasteiger partial charge on any atom is 0.310 e. The predicted octanol–water partition coefficient (Wildman–Crippen LogP) is 7.63. The van der Waals surface area contributed by atoms with Crippen molar-refractivity contribution < 1.29 is 38.1 Å². The zero-order valence-electron chi connectivity index (χ0n) is 42.0.